The lowest BCUT2D eigenvalue weighted by Crippen LogP contribution is -2.32. The number of carbonyl (C=O) groups excluding carboxylic acids is 3. The number of carbonyl (C=O) groups is 3. The van der Waals surface area contributed by atoms with Crippen molar-refractivity contribution in [2.45, 2.75) is 12.8 Å². The van der Waals surface area contributed by atoms with Crippen LogP contribution in [0.5, 0.6) is 11.5 Å². The second kappa shape index (κ2) is 7.81. The van der Waals surface area contributed by atoms with Gasteiger partial charge in [-0.2, -0.15) is 0 Å². The minimum atomic E-state index is -0.798. The Bertz CT molecular complexity index is 620. The standard InChI is InChI=1S/C17H21NO6/c1-22-12-8-11(9-13(10-12)23-2)16(20)18-6-4-14(17(21)24-3)15(19)5-7-18/h8-10,14H,4-7H2,1-3H3. The Hall–Kier alpha value is -2.57. The molecule has 0 aromatic heterocycles. The molecule has 1 aliphatic rings. The second-order valence-corrected chi connectivity index (χ2v) is 5.47. The summed E-state index contributed by atoms with van der Waals surface area (Å²) < 4.78 is 15.0. The van der Waals surface area contributed by atoms with E-state index in [2.05, 4.69) is 4.74 Å². The zero-order valence-electron chi connectivity index (χ0n) is 14.0. The van der Waals surface area contributed by atoms with Crippen LogP contribution < -0.4 is 9.47 Å². The Morgan fingerprint density at radius 3 is 2.21 bits per heavy atom. The van der Waals surface area contributed by atoms with Crippen LogP contribution in [-0.4, -0.2) is 57.0 Å². The first kappa shape index (κ1) is 17.8. The van der Waals surface area contributed by atoms with Crippen molar-refractivity contribution in [3.8, 4) is 11.5 Å². The molecule has 24 heavy (non-hydrogen) atoms. The molecule has 1 aromatic carbocycles. The van der Waals surface area contributed by atoms with E-state index in [1.165, 1.54) is 21.3 Å². The molecule has 1 aliphatic heterocycles. The van der Waals surface area contributed by atoms with Gasteiger partial charge in [0.15, 0.2) is 0 Å². The van der Waals surface area contributed by atoms with E-state index in [1.807, 2.05) is 0 Å². The largest absolute Gasteiger partial charge is 0.497 e. The van der Waals surface area contributed by atoms with E-state index in [9.17, 15) is 14.4 Å². The Kier molecular flexibility index (Phi) is 5.78. The van der Waals surface area contributed by atoms with Crippen LogP contribution in [0.15, 0.2) is 18.2 Å². The molecule has 1 heterocycles. The third kappa shape index (κ3) is 3.84. The number of methoxy groups -OCH3 is 3. The van der Waals surface area contributed by atoms with E-state index in [0.717, 1.165) is 0 Å². The number of amides is 1. The molecule has 0 N–H and O–H groups in total. The number of esters is 1. The van der Waals surface area contributed by atoms with E-state index in [4.69, 9.17) is 9.47 Å². The van der Waals surface area contributed by atoms with Gasteiger partial charge in [-0.3, -0.25) is 14.4 Å². The maximum absolute atomic E-state index is 12.7. The summed E-state index contributed by atoms with van der Waals surface area (Å²) in [6.07, 6.45) is 0.394. The van der Waals surface area contributed by atoms with Gasteiger partial charge < -0.3 is 19.1 Å². The molecule has 1 saturated heterocycles. The van der Waals surface area contributed by atoms with Gasteiger partial charge in [0.05, 0.1) is 21.3 Å². The zero-order valence-corrected chi connectivity index (χ0v) is 14.0. The second-order valence-electron chi connectivity index (χ2n) is 5.47. The van der Waals surface area contributed by atoms with E-state index in [-0.39, 0.29) is 31.1 Å². The number of ketones is 1. The Labute approximate surface area is 140 Å². The molecular formula is C17H21NO6. The molecule has 1 fully saturated rings. The van der Waals surface area contributed by atoms with Crippen LogP contribution in [0, 0.1) is 5.92 Å². The summed E-state index contributed by atoms with van der Waals surface area (Å²) in [6.45, 7) is 0.578. The van der Waals surface area contributed by atoms with Crippen LogP contribution in [0.2, 0.25) is 0 Å². The highest BCUT2D eigenvalue weighted by Crippen LogP contribution is 2.24. The van der Waals surface area contributed by atoms with Gasteiger partial charge in [0.1, 0.15) is 23.2 Å². The van der Waals surface area contributed by atoms with Crippen molar-refractivity contribution in [1.82, 2.24) is 4.90 Å². The molecule has 130 valence electrons. The summed E-state index contributed by atoms with van der Waals surface area (Å²) in [5, 5.41) is 0. The van der Waals surface area contributed by atoms with Gasteiger partial charge >= 0.3 is 5.97 Å². The van der Waals surface area contributed by atoms with Crippen LogP contribution in [0.4, 0.5) is 0 Å². The van der Waals surface area contributed by atoms with Gasteiger partial charge in [-0.05, 0) is 18.6 Å². The molecule has 0 aliphatic carbocycles. The molecule has 7 nitrogen and oxygen atoms in total. The quantitative estimate of drug-likeness (QED) is 0.609. The van der Waals surface area contributed by atoms with E-state index in [1.54, 1.807) is 23.1 Å². The van der Waals surface area contributed by atoms with Crippen molar-refractivity contribution in [2.75, 3.05) is 34.4 Å². The van der Waals surface area contributed by atoms with Crippen molar-refractivity contribution >= 4 is 17.7 Å². The molecule has 0 saturated carbocycles. The number of ether oxygens (including phenoxy) is 3. The molecule has 2 rings (SSSR count). The monoisotopic (exact) mass is 335 g/mol. The molecule has 0 bridgehead atoms. The number of rotatable bonds is 4. The van der Waals surface area contributed by atoms with Gasteiger partial charge in [0, 0.05) is 31.1 Å². The summed E-state index contributed by atoms with van der Waals surface area (Å²) in [4.78, 5) is 38.0. The zero-order chi connectivity index (χ0) is 17.7. The first-order valence-electron chi connectivity index (χ1n) is 7.63. The van der Waals surface area contributed by atoms with Gasteiger partial charge in [0.2, 0.25) is 0 Å². The molecular weight excluding hydrogens is 314 g/mol. The lowest BCUT2D eigenvalue weighted by molar-refractivity contribution is -0.149. The van der Waals surface area contributed by atoms with Crippen molar-refractivity contribution in [1.29, 1.82) is 0 Å². The van der Waals surface area contributed by atoms with E-state index >= 15 is 0 Å². The molecule has 0 spiro atoms. The van der Waals surface area contributed by atoms with Gasteiger partial charge in [-0.15, -0.1) is 0 Å². The van der Waals surface area contributed by atoms with Crippen molar-refractivity contribution in [2.24, 2.45) is 5.92 Å². The van der Waals surface area contributed by atoms with Gasteiger partial charge in [-0.25, -0.2) is 0 Å². The number of hydrogen-bond acceptors (Lipinski definition) is 6. The van der Waals surface area contributed by atoms with Crippen LogP contribution in [-0.2, 0) is 14.3 Å². The number of likely N-dealkylation sites (tertiary alicyclic amines) is 1. The average molecular weight is 335 g/mol. The third-order valence-corrected chi connectivity index (χ3v) is 4.08. The predicted octanol–water partition coefficient (Wildman–Crippen LogP) is 1.30. The molecule has 0 radical (unpaired) electrons. The van der Waals surface area contributed by atoms with Crippen molar-refractivity contribution in [3.05, 3.63) is 23.8 Å². The first-order chi connectivity index (χ1) is 11.5. The van der Waals surface area contributed by atoms with Crippen LogP contribution in [0.1, 0.15) is 23.2 Å². The Morgan fingerprint density at radius 2 is 1.67 bits per heavy atom. The highest BCUT2D eigenvalue weighted by Gasteiger charge is 2.32. The SMILES string of the molecule is COC(=O)C1CCN(C(=O)c2cc(OC)cc(OC)c2)CCC1=O. The van der Waals surface area contributed by atoms with Crippen molar-refractivity contribution in [3.63, 3.8) is 0 Å². The normalized spacial score (nSPS) is 17.9. The number of nitrogens with zero attached hydrogens (tertiary/aromatic N) is 1. The molecule has 7 heteroatoms. The maximum Gasteiger partial charge on any atom is 0.316 e. The molecule has 1 atom stereocenters. The average Bonchev–Trinajstić information content (AvgIpc) is 2.81. The maximum atomic E-state index is 12.7. The summed E-state index contributed by atoms with van der Waals surface area (Å²) in [5.74, 6) is -0.747. The van der Waals surface area contributed by atoms with E-state index < -0.39 is 11.9 Å². The van der Waals surface area contributed by atoms with Crippen LogP contribution in [0.3, 0.4) is 0 Å². The van der Waals surface area contributed by atoms with Gasteiger partial charge in [0.25, 0.3) is 5.91 Å². The minimum Gasteiger partial charge on any atom is -0.497 e. The smallest absolute Gasteiger partial charge is 0.316 e. The van der Waals surface area contributed by atoms with Crippen LogP contribution in [0.25, 0.3) is 0 Å². The fraction of sp³-hybridized carbons (Fsp3) is 0.471. The number of Topliss-reactive ketones (excluding diaryl/α,β-unsaturated/α-hetero) is 1. The summed E-state index contributed by atoms with van der Waals surface area (Å²) in [6, 6.07) is 4.92. The topological polar surface area (TPSA) is 82.1 Å². The first-order valence-corrected chi connectivity index (χ1v) is 7.63. The minimum absolute atomic E-state index is 0.132. The van der Waals surface area contributed by atoms with Crippen molar-refractivity contribution < 1.29 is 28.6 Å². The Morgan fingerprint density at radius 1 is 1.04 bits per heavy atom. The highest BCUT2D eigenvalue weighted by molar-refractivity contribution is 6.00. The highest BCUT2D eigenvalue weighted by atomic mass is 16.5. The Balaban J connectivity index is 2.18. The fourth-order valence-electron chi connectivity index (χ4n) is 2.69. The third-order valence-electron chi connectivity index (χ3n) is 4.08. The molecule has 1 unspecified atom stereocenters. The lowest BCUT2D eigenvalue weighted by Gasteiger charge is -2.20. The predicted molar refractivity (Wildman–Crippen MR) is 85.2 cm³/mol. The molecule has 1 amide bonds. The fourth-order valence-corrected chi connectivity index (χ4v) is 2.69. The number of benzene rings is 1. The van der Waals surface area contributed by atoms with Gasteiger partial charge in [-0.1, -0.05) is 0 Å². The van der Waals surface area contributed by atoms with Crippen LogP contribution >= 0.6 is 0 Å². The molecule has 1 aromatic rings. The lowest BCUT2D eigenvalue weighted by atomic mass is 10.00. The van der Waals surface area contributed by atoms with E-state index in [0.29, 0.717) is 23.6 Å². The summed E-state index contributed by atoms with van der Waals surface area (Å²) in [5.41, 5.74) is 0.412. The summed E-state index contributed by atoms with van der Waals surface area (Å²) >= 11 is 0. The summed E-state index contributed by atoms with van der Waals surface area (Å²) in [7, 11) is 4.27. The number of hydrogen-bond donors (Lipinski definition) is 0.